The van der Waals surface area contributed by atoms with Gasteiger partial charge in [-0.05, 0) is 34.5 Å². The van der Waals surface area contributed by atoms with Gasteiger partial charge in [-0.25, -0.2) is 4.79 Å². The summed E-state index contributed by atoms with van der Waals surface area (Å²) in [6.45, 7) is 3.65. The van der Waals surface area contributed by atoms with Crippen LogP contribution in [0.1, 0.15) is 24.2 Å². The molecule has 8 nitrogen and oxygen atoms in total. The Morgan fingerprint density at radius 1 is 1.35 bits per heavy atom. The molecular weight excluding hydrogens is 366 g/mol. The average Bonchev–Trinajstić information content (AvgIpc) is 3.05. The van der Waals surface area contributed by atoms with Gasteiger partial charge in [-0.2, -0.15) is 4.68 Å². The lowest BCUT2D eigenvalue weighted by molar-refractivity contribution is -0.144. The molecule has 0 aliphatic heterocycles. The summed E-state index contributed by atoms with van der Waals surface area (Å²) in [5.41, 5.74) is 0.837. The van der Waals surface area contributed by atoms with E-state index in [0.29, 0.717) is 11.3 Å². The summed E-state index contributed by atoms with van der Waals surface area (Å²) in [5, 5.41) is 13.6. The number of benzene rings is 1. The Bertz CT molecular complexity index is 702. The molecular formula is C14H16BrN5O3. The van der Waals surface area contributed by atoms with Gasteiger partial charge in [0.1, 0.15) is 12.4 Å². The van der Waals surface area contributed by atoms with E-state index in [2.05, 4.69) is 36.8 Å². The second-order valence-corrected chi connectivity index (χ2v) is 6.05. The first-order valence-corrected chi connectivity index (χ1v) is 7.65. The van der Waals surface area contributed by atoms with Crippen molar-refractivity contribution in [2.24, 2.45) is 5.92 Å². The van der Waals surface area contributed by atoms with Crippen LogP contribution in [-0.2, 0) is 9.53 Å². The van der Waals surface area contributed by atoms with Crippen molar-refractivity contribution in [2.45, 2.75) is 19.9 Å². The Morgan fingerprint density at radius 3 is 2.65 bits per heavy atom. The van der Waals surface area contributed by atoms with Crippen LogP contribution in [0.2, 0.25) is 0 Å². The molecule has 1 N–H and O–H groups in total. The molecule has 122 valence electrons. The van der Waals surface area contributed by atoms with Gasteiger partial charge in [0.2, 0.25) is 0 Å². The molecule has 2 aromatic rings. The molecule has 0 aliphatic rings. The van der Waals surface area contributed by atoms with Gasteiger partial charge < -0.3 is 10.1 Å². The maximum Gasteiger partial charge on any atom is 0.328 e. The zero-order valence-corrected chi connectivity index (χ0v) is 14.4. The predicted molar refractivity (Wildman–Crippen MR) is 85.0 cm³/mol. The van der Waals surface area contributed by atoms with Gasteiger partial charge in [-0.15, -0.1) is 5.10 Å². The van der Waals surface area contributed by atoms with Crippen molar-refractivity contribution >= 4 is 27.8 Å². The molecule has 0 bridgehead atoms. The molecule has 1 atom stereocenters. The number of rotatable bonds is 5. The van der Waals surface area contributed by atoms with Crippen LogP contribution in [0.15, 0.2) is 29.0 Å². The predicted octanol–water partition coefficient (Wildman–Crippen LogP) is 1.35. The Kier molecular flexibility index (Phi) is 5.43. The lowest BCUT2D eigenvalue weighted by Crippen LogP contribution is -2.45. The first-order valence-electron chi connectivity index (χ1n) is 6.85. The van der Waals surface area contributed by atoms with Crippen LogP contribution >= 0.6 is 15.9 Å². The number of aromatic nitrogens is 4. The number of carbonyl (C=O) groups is 2. The maximum absolute atomic E-state index is 12.6. The molecule has 0 saturated heterocycles. The van der Waals surface area contributed by atoms with Crippen LogP contribution in [0.5, 0.6) is 0 Å². The molecule has 23 heavy (non-hydrogen) atoms. The number of nitrogens with one attached hydrogen (secondary N) is 1. The second-order valence-electron chi connectivity index (χ2n) is 5.13. The van der Waals surface area contributed by atoms with E-state index in [4.69, 9.17) is 4.74 Å². The summed E-state index contributed by atoms with van der Waals surface area (Å²) in [7, 11) is 1.29. The fraction of sp³-hybridized carbons (Fsp3) is 0.357. The minimum Gasteiger partial charge on any atom is -0.467 e. The third-order valence-electron chi connectivity index (χ3n) is 3.21. The van der Waals surface area contributed by atoms with Crippen LogP contribution in [-0.4, -0.2) is 45.2 Å². The van der Waals surface area contributed by atoms with Crippen LogP contribution in [0.4, 0.5) is 0 Å². The largest absolute Gasteiger partial charge is 0.467 e. The Morgan fingerprint density at radius 2 is 2.09 bits per heavy atom. The van der Waals surface area contributed by atoms with Crippen molar-refractivity contribution in [1.29, 1.82) is 0 Å². The topological polar surface area (TPSA) is 99.0 Å². The summed E-state index contributed by atoms with van der Waals surface area (Å²) < 4.78 is 6.84. The smallest absolute Gasteiger partial charge is 0.328 e. The highest BCUT2D eigenvalue weighted by Crippen LogP contribution is 2.20. The number of carbonyl (C=O) groups excluding carboxylic acids is 2. The quantitative estimate of drug-likeness (QED) is 0.784. The van der Waals surface area contributed by atoms with E-state index in [1.807, 2.05) is 13.8 Å². The van der Waals surface area contributed by atoms with Crippen molar-refractivity contribution in [1.82, 2.24) is 25.5 Å². The van der Waals surface area contributed by atoms with Crippen molar-refractivity contribution in [3.8, 4) is 5.69 Å². The highest BCUT2D eigenvalue weighted by molar-refractivity contribution is 9.10. The number of ether oxygens (including phenoxy) is 1. The number of halogens is 1. The maximum atomic E-state index is 12.6. The first kappa shape index (κ1) is 17.1. The molecule has 2 rings (SSSR count). The molecule has 1 heterocycles. The number of methoxy groups -OCH3 is 1. The van der Waals surface area contributed by atoms with Gasteiger partial charge in [0.15, 0.2) is 0 Å². The number of tetrazole rings is 1. The highest BCUT2D eigenvalue weighted by Gasteiger charge is 2.26. The number of hydrogen-bond donors (Lipinski definition) is 1. The fourth-order valence-corrected chi connectivity index (χ4v) is 2.37. The number of nitrogens with zero attached hydrogens (tertiary/aromatic N) is 4. The summed E-state index contributed by atoms with van der Waals surface area (Å²) in [6.07, 6.45) is 1.39. The van der Waals surface area contributed by atoms with E-state index in [1.165, 1.54) is 18.1 Å². The summed E-state index contributed by atoms with van der Waals surface area (Å²) in [5.74, 6) is -1.02. The fourth-order valence-electron chi connectivity index (χ4n) is 2.01. The minimum atomic E-state index is -0.742. The molecule has 0 aliphatic carbocycles. The Balaban J connectivity index is 2.35. The van der Waals surface area contributed by atoms with Crippen LogP contribution in [0.3, 0.4) is 0 Å². The SMILES string of the molecule is COC(=O)[C@H](NC(=O)c1cc(Br)ccc1-n1cnnn1)C(C)C. The van der Waals surface area contributed by atoms with E-state index in [0.717, 1.165) is 4.47 Å². The van der Waals surface area contributed by atoms with Gasteiger partial charge in [0, 0.05) is 4.47 Å². The lowest BCUT2D eigenvalue weighted by atomic mass is 10.0. The zero-order valence-electron chi connectivity index (χ0n) is 12.9. The van der Waals surface area contributed by atoms with Crippen molar-refractivity contribution in [3.05, 3.63) is 34.6 Å². The normalized spacial score (nSPS) is 12.0. The van der Waals surface area contributed by atoms with E-state index in [-0.39, 0.29) is 5.92 Å². The van der Waals surface area contributed by atoms with E-state index in [1.54, 1.807) is 18.2 Å². The van der Waals surface area contributed by atoms with Gasteiger partial charge in [0.05, 0.1) is 18.4 Å². The monoisotopic (exact) mass is 381 g/mol. The summed E-state index contributed by atoms with van der Waals surface area (Å²) in [4.78, 5) is 24.4. The van der Waals surface area contributed by atoms with E-state index < -0.39 is 17.9 Å². The molecule has 1 aromatic heterocycles. The van der Waals surface area contributed by atoms with Crippen LogP contribution in [0, 0.1) is 5.92 Å². The first-order chi connectivity index (χ1) is 10.9. The molecule has 0 fully saturated rings. The molecule has 0 spiro atoms. The third kappa shape index (κ3) is 3.92. The van der Waals surface area contributed by atoms with Crippen LogP contribution in [0.25, 0.3) is 5.69 Å². The second kappa shape index (κ2) is 7.32. The van der Waals surface area contributed by atoms with Gasteiger partial charge in [0.25, 0.3) is 5.91 Å². The summed E-state index contributed by atoms with van der Waals surface area (Å²) in [6, 6.07) is 4.38. The van der Waals surface area contributed by atoms with Gasteiger partial charge in [-0.1, -0.05) is 29.8 Å². The lowest BCUT2D eigenvalue weighted by Gasteiger charge is -2.20. The van der Waals surface area contributed by atoms with Crippen molar-refractivity contribution in [3.63, 3.8) is 0 Å². The number of esters is 1. The van der Waals surface area contributed by atoms with Crippen LogP contribution < -0.4 is 5.32 Å². The highest BCUT2D eigenvalue weighted by atomic mass is 79.9. The number of hydrogen-bond acceptors (Lipinski definition) is 6. The van der Waals surface area contributed by atoms with Gasteiger partial charge >= 0.3 is 5.97 Å². The van der Waals surface area contributed by atoms with E-state index >= 15 is 0 Å². The average molecular weight is 382 g/mol. The standard InChI is InChI=1S/C14H16BrN5O3/c1-8(2)12(14(22)23-3)17-13(21)10-6-9(15)4-5-11(10)20-7-16-18-19-20/h4-8,12H,1-3H3,(H,17,21)/t12-/m1/s1. The third-order valence-corrected chi connectivity index (χ3v) is 3.70. The molecule has 1 aromatic carbocycles. The molecule has 0 unspecified atom stereocenters. The van der Waals surface area contributed by atoms with Crippen molar-refractivity contribution < 1.29 is 14.3 Å². The minimum absolute atomic E-state index is 0.116. The molecule has 9 heteroatoms. The van der Waals surface area contributed by atoms with Crippen molar-refractivity contribution in [2.75, 3.05) is 7.11 Å². The van der Waals surface area contributed by atoms with Gasteiger partial charge in [-0.3, -0.25) is 4.79 Å². The summed E-state index contributed by atoms with van der Waals surface area (Å²) >= 11 is 3.33. The molecule has 0 saturated carbocycles. The van der Waals surface area contributed by atoms with E-state index in [9.17, 15) is 9.59 Å². The Labute approximate surface area is 141 Å². The number of amides is 1. The Hall–Kier alpha value is -2.29. The molecule has 1 amide bonds. The zero-order chi connectivity index (χ0) is 17.0. The molecule has 0 radical (unpaired) electrons.